The Kier molecular flexibility index (Phi) is 1.77. The largest absolute Gasteiger partial charge is 0.245 e. The van der Waals surface area contributed by atoms with Crippen LogP contribution >= 0.6 is 15.9 Å². The summed E-state index contributed by atoms with van der Waals surface area (Å²) in [7, 11) is -2.11. The molecule has 1 aromatic carbocycles. The van der Waals surface area contributed by atoms with Crippen LogP contribution in [0.4, 0.5) is 0 Å². The fraction of sp³-hybridized carbons (Fsp3) is 0.250. The first-order valence-electron chi connectivity index (χ1n) is 3.56. The average molecular weight is 246 g/mol. The Balaban J connectivity index is 2.82. The molecule has 2 rings (SSSR count). The molecule has 0 saturated carbocycles. The van der Waals surface area contributed by atoms with Crippen molar-refractivity contribution in [3.05, 3.63) is 28.2 Å². The second-order valence-electron chi connectivity index (χ2n) is 2.82. The molecule has 2 nitrogen and oxygen atoms in total. The monoisotopic (exact) mass is 245 g/mol. The minimum atomic E-state index is -2.11. The van der Waals surface area contributed by atoms with Gasteiger partial charge in [-0.05, 0) is 27.6 Å². The van der Waals surface area contributed by atoms with Crippen molar-refractivity contribution in [2.24, 2.45) is 4.36 Å². The second-order valence-corrected chi connectivity index (χ2v) is 5.94. The Morgan fingerprint density at radius 1 is 1.58 bits per heavy atom. The number of benzene rings is 1. The summed E-state index contributed by atoms with van der Waals surface area (Å²) in [6.45, 7) is 0.587. The van der Waals surface area contributed by atoms with Gasteiger partial charge in [-0.1, -0.05) is 12.1 Å². The van der Waals surface area contributed by atoms with Crippen molar-refractivity contribution in [1.29, 1.82) is 0 Å². The van der Waals surface area contributed by atoms with Crippen molar-refractivity contribution in [2.45, 2.75) is 11.4 Å². The van der Waals surface area contributed by atoms with E-state index >= 15 is 0 Å². The number of rotatable bonds is 0. The lowest BCUT2D eigenvalue weighted by atomic mass is 10.2. The molecule has 0 bridgehead atoms. The van der Waals surface area contributed by atoms with Crippen LogP contribution in [0, 0.1) is 0 Å². The molecule has 0 spiro atoms. The average Bonchev–Trinajstić information content (AvgIpc) is 2.29. The van der Waals surface area contributed by atoms with Gasteiger partial charge in [0.2, 0.25) is 0 Å². The highest BCUT2D eigenvalue weighted by atomic mass is 79.9. The molecule has 0 fully saturated rings. The van der Waals surface area contributed by atoms with Gasteiger partial charge in [-0.3, -0.25) is 0 Å². The fourth-order valence-corrected chi connectivity index (χ4v) is 4.23. The lowest BCUT2D eigenvalue weighted by Gasteiger charge is -2.02. The van der Waals surface area contributed by atoms with E-state index in [1.54, 1.807) is 6.26 Å². The highest BCUT2D eigenvalue weighted by Gasteiger charge is 2.20. The molecule has 0 radical (unpaired) electrons. The topological polar surface area (TPSA) is 29.4 Å². The van der Waals surface area contributed by atoms with Gasteiger partial charge >= 0.3 is 0 Å². The summed E-state index contributed by atoms with van der Waals surface area (Å²) in [6.07, 6.45) is 1.68. The van der Waals surface area contributed by atoms with Gasteiger partial charge in [0, 0.05) is 10.7 Å². The molecule has 1 aliphatic rings. The van der Waals surface area contributed by atoms with Gasteiger partial charge in [-0.2, -0.15) is 0 Å². The molecule has 1 heterocycles. The fourth-order valence-electron chi connectivity index (χ4n) is 1.36. The second kappa shape index (κ2) is 2.57. The van der Waals surface area contributed by atoms with Crippen LogP contribution in [-0.4, -0.2) is 10.5 Å². The van der Waals surface area contributed by atoms with Crippen molar-refractivity contribution < 1.29 is 4.21 Å². The molecular weight excluding hydrogens is 238 g/mol. The Morgan fingerprint density at radius 3 is 3.00 bits per heavy atom. The van der Waals surface area contributed by atoms with Gasteiger partial charge in [0.15, 0.2) is 0 Å². The van der Waals surface area contributed by atoms with Gasteiger partial charge in [0.25, 0.3) is 0 Å². The minimum Gasteiger partial charge on any atom is -0.245 e. The van der Waals surface area contributed by atoms with E-state index in [9.17, 15) is 4.21 Å². The van der Waals surface area contributed by atoms with Crippen LogP contribution in [0.5, 0.6) is 0 Å². The van der Waals surface area contributed by atoms with Crippen LogP contribution in [0.15, 0.2) is 31.9 Å². The standard InChI is InChI=1S/C8H8BrNOS/c1-12(11)8-6(5-10-12)3-2-4-7(8)9/h2-4H,5H2,1H3. The normalized spacial score (nSPS) is 26.5. The van der Waals surface area contributed by atoms with Crippen LogP contribution in [0.1, 0.15) is 5.56 Å². The van der Waals surface area contributed by atoms with Gasteiger partial charge in [0.05, 0.1) is 21.2 Å². The third kappa shape index (κ3) is 1.10. The summed E-state index contributed by atoms with van der Waals surface area (Å²) >= 11 is 3.38. The molecule has 0 aromatic heterocycles. The third-order valence-corrected chi connectivity index (χ3v) is 4.69. The highest BCUT2D eigenvalue weighted by molar-refractivity contribution is 9.10. The van der Waals surface area contributed by atoms with E-state index in [4.69, 9.17) is 0 Å². The lowest BCUT2D eigenvalue weighted by Crippen LogP contribution is -1.94. The zero-order valence-electron chi connectivity index (χ0n) is 6.58. The van der Waals surface area contributed by atoms with E-state index in [-0.39, 0.29) is 0 Å². The summed E-state index contributed by atoms with van der Waals surface area (Å²) < 4.78 is 16.8. The van der Waals surface area contributed by atoms with Crippen LogP contribution in [0.3, 0.4) is 0 Å². The van der Waals surface area contributed by atoms with E-state index in [2.05, 4.69) is 20.3 Å². The highest BCUT2D eigenvalue weighted by Crippen LogP contribution is 2.31. The molecule has 0 saturated heterocycles. The SMILES string of the molecule is CS1(=O)=NCc2cccc(Br)c21. The summed E-state index contributed by atoms with van der Waals surface area (Å²) in [5.74, 6) is 0. The van der Waals surface area contributed by atoms with Gasteiger partial charge in [0.1, 0.15) is 0 Å². The summed E-state index contributed by atoms with van der Waals surface area (Å²) in [6, 6.07) is 5.82. The van der Waals surface area contributed by atoms with Crippen molar-refractivity contribution >= 4 is 25.7 Å². The molecule has 0 N–H and O–H groups in total. The Hall–Kier alpha value is -0.350. The number of hydrogen-bond acceptors (Lipinski definition) is 2. The van der Waals surface area contributed by atoms with E-state index < -0.39 is 9.73 Å². The number of halogens is 1. The molecule has 0 amide bonds. The Labute approximate surface area is 80.3 Å². The molecular formula is C8H8BrNOS. The first-order chi connectivity index (χ1) is 5.61. The molecule has 1 aliphatic heterocycles. The smallest absolute Gasteiger partial charge is 0.0750 e. The van der Waals surface area contributed by atoms with Gasteiger partial charge in [-0.25, -0.2) is 8.57 Å². The predicted molar refractivity (Wildman–Crippen MR) is 52.6 cm³/mol. The van der Waals surface area contributed by atoms with E-state index in [1.807, 2.05) is 18.2 Å². The van der Waals surface area contributed by atoms with Crippen LogP contribution in [0.25, 0.3) is 0 Å². The first kappa shape index (κ1) is 8.26. The Morgan fingerprint density at radius 2 is 2.33 bits per heavy atom. The zero-order chi connectivity index (χ0) is 8.77. The maximum absolute atomic E-state index is 11.8. The number of hydrogen-bond donors (Lipinski definition) is 0. The molecule has 1 atom stereocenters. The van der Waals surface area contributed by atoms with E-state index in [1.165, 1.54) is 0 Å². The number of fused-ring (bicyclic) bond motifs is 1. The molecule has 1 unspecified atom stereocenters. The first-order valence-corrected chi connectivity index (χ1v) is 6.28. The molecule has 12 heavy (non-hydrogen) atoms. The van der Waals surface area contributed by atoms with Crippen molar-refractivity contribution in [3.8, 4) is 0 Å². The molecule has 4 heteroatoms. The summed E-state index contributed by atoms with van der Waals surface area (Å²) in [5, 5.41) is 0. The van der Waals surface area contributed by atoms with Crippen molar-refractivity contribution in [2.75, 3.05) is 6.26 Å². The quantitative estimate of drug-likeness (QED) is 0.691. The van der Waals surface area contributed by atoms with E-state index in [0.717, 1.165) is 14.9 Å². The Bertz CT molecular complexity index is 446. The van der Waals surface area contributed by atoms with Crippen LogP contribution in [0.2, 0.25) is 0 Å². The van der Waals surface area contributed by atoms with Crippen LogP contribution in [-0.2, 0) is 16.3 Å². The number of nitrogens with zero attached hydrogens (tertiary/aromatic N) is 1. The molecule has 0 aliphatic carbocycles. The van der Waals surface area contributed by atoms with Crippen LogP contribution < -0.4 is 0 Å². The third-order valence-electron chi connectivity index (χ3n) is 1.91. The molecule has 1 aromatic rings. The van der Waals surface area contributed by atoms with Crippen molar-refractivity contribution in [1.82, 2.24) is 0 Å². The maximum atomic E-state index is 11.8. The zero-order valence-corrected chi connectivity index (χ0v) is 8.98. The summed E-state index contributed by atoms with van der Waals surface area (Å²) in [4.78, 5) is 0.880. The predicted octanol–water partition coefficient (Wildman–Crippen LogP) is 2.42. The van der Waals surface area contributed by atoms with Gasteiger partial charge < -0.3 is 0 Å². The lowest BCUT2D eigenvalue weighted by molar-refractivity contribution is 0.681. The molecule has 64 valence electrons. The van der Waals surface area contributed by atoms with Crippen molar-refractivity contribution in [3.63, 3.8) is 0 Å². The minimum absolute atomic E-state index is 0.587. The van der Waals surface area contributed by atoms with E-state index in [0.29, 0.717) is 6.54 Å². The maximum Gasteiger partial charge on any atom is 0.0750 e. The summed E-state index contributed by atoms with van der Waals surface area (Å²) in [5.41, 5.74) is 1.08. The van der Waals surface area contributed by atoms with Gasteiger partial charge in [-0.15, -0.1) is 0 Å².